The third kappa shape index (κ3) is 3.61. The van der Waals surface area contributed by atoms with Crippen molar-refractivity contribution in [1.29, 1.82) is 0 Å². The molecule has 0 saturated carbocycles. The molecule has 3 atom stereocenters. The molecule has 0 radical (unpaired) electrons. The molecule has 1 heterocycles. The number of hydrogen-bond donors (Lipinski definition) is 1. The lowest BCUT2D eigenvalue weighted by molar-refractivity contribution is -0.143. The predicted octanol–water partition coefficient (Wildman–Crippen LogP) is 0.886. The predicted molar refractivity (Wildman–Crippen MR) is 66.6 cm³/mol. The van der Waals surface area contributed by atoms with Crippen molar-refractivity contribution in [1.82, 2.24) is 4.90 Å². The topological polar surface area (TPSA) is 55.6 Å². The number of methoxy groups -OCH3 is 1. The third-order valence-corrected chi connectivity index (χ3v) is 3.42. The highest BCUT2D eigenvalue weighted by molar-refractivity contribution is 5.85. The highest BCUT2D eigenvalue weighted by Gasteiger charge is 2.29. The quantitative estimate of drug-likeness (QED) is 0.809. The Hall–Kier alpha value is -0.320. The maximum absolute atomic E-state index is 11.9. The fourth-order valence-electron chi connectivity index (χ4n) is 1.96. The van der Waals surface area contributed by atoms with Crippen LogP contribution in [-0.2, 0) is 9.53 Å². The molecular weight excluding hydrogens is 228 g/mol. The van der Waals surface area contributed by atoms with Crippen LogP contribution in [0.25, 0.3) is 0 Å². The molecule has 1 fully saturated rings. The van der Waals surface area contributed by atoms with Gasteiger partial charge in [0.1, 0.15) is 6.10 Å². The van der Waals surface area contributed by atoms with Crippen LogP contribution in [0.5, 0.6) is 0 Å². The van der Waals surface area contributed by atoms with Gasteiger partial charge in [-0.1, -0.05) is 13.8 Å². The zero-order valence-corrected chi connectivity index (χ0v) is 11.1. The molecule has 3 unspecified atom stereocenters. The molecule has 0 spiro atoms. The lowest BCUT2D eigenvalue weighted by atomic mass is 9.88. The molecule has 1 saturated heterocycles. The summed E-state index contributed by atoms with van der Waals surface area (Å²) in [6.07, 6.45) is 0.610. The number of ether oxygens (including phenoxy) is 1. The maximum Gasteiger partial charge on any atom is 0.253 e. The van der Waals surface area contributed by atoms with Gasteiger partial charge in [0.25, 0.3) is 5.91 Å². The summed E-state index contributed by atoms with van der Waals surface area (Å²) in [5, 5.41) is 0. The number of carbonyl (C=O) groups excluding carboxylic acids is 1. The van der Waals surface area contributed by atoms with Gasteiger partial charge in [-0.3, -0.25) is 4.79 Å². The first-order chi connectivity index (χ1) is 7.10. The molecule has 1 rings (SSSR count). The standard InChI is InChI=1S/C11H22N2O2.ClH/c1-8-4-5-13(7-9(8)2)11(14)10(6-12)15-3;/h8-10H,4-7,12H2,1-3H3;1H. The van der Waals surface area contributed by atoms with Gasteiger partial charge in [-0.15, -0.1) is 12.4 Å². The van der Waals surface area contributed by atoms with Crippen LogP contribution < -0.4 is 5.73 Å². The van der Waals surface area contributed by atoms with E-state index in [-0.39, 0.29) is 24.9 Å². The summed E-state index contributed by atoms with van der Waals surface area (Å²) >= 11 is 0. The van der Waals surface area contributed by atoms with Crippen molar-refractivity contribution < 1.29 is 9.53 Å². The molecule has 1 aliphatic heterocycles. The van der Waals surface area contributed by atoms with E-state index in [1.807, 2.05) is 4.90 Å². The van der Waals surface area contributed by atoms with Crippen molar-refractivity contribution in [3.05, 3.63) is 0 Å². The SMILES string of the molecule is COC(CN)C(=O)N1CCC(C)C(C)C1.Cl. The Kier molecular flexibility index (Phi) is 6.95. The van der Waals surface area contributed by atoms with E-state index in [2.05, 4.69) is 13.8 Å². The number of nitrogens with two attached hydrogens (primary N) is 1. The summed E-state index contributed by atoms with van der Waals surface area (Å²) in [6, 6.07) is 0. The van der Waals surface area contributed by atoms with E-state index in [1.54, 1.807) is 0 Å². The van der Waals surface area contributed by atoms with Crippen LogP contribution in [0, 0.1) is 11.8 Å². The zero-order chi connectivity index (χ0) is 11.4. The highest BCUT2D eigenvalue weighted by Crippen LogP contribution is 2.22. The van der Waals surface area contributed by atoms with Crippen LogP contribution in [0.15, 0.2) is 0 Å². The van der Waals surface area contributed by atoms with E-state index in [0.29, 0.717) is 11.8 Å². The Morgan fingerprint density at radius 2 is 2.12 bits per heavy atom. The Labute approximate surface area is 104 Å². The number of piperidine rings is 1. The van der Waals surface area contributed by atoms with Gasteiger partial charge in [0.2, 0.25) is 0 Å². The van der Waals surface area contributed by atoms with Crippen molar-refractivity contribution in [2.75, 3.05) is 26.7 Å². The molecule has 1 amide bonds. The zero-order valence-electron chi connectivity index (χ0n) is 10.3. The van der Waals surface area contributed by atoms with Gasteiger partial charge in [0.05, 0.1) is 0 Å². The Morgan fingerprint density at radius 1 is 1.50 bits per heavy atom. The Bertz CT molecular complexity index is 222. The van der Waals surface area contributed by atoms with Gasteiger partial charge >= 0.3 is 0 Å². The molecule has 0 aromatic rings. The van der Waals surface area contributed by atoms with Crippen molar-refractivity contribution in [3.63, 3.8) is 0 Å². The van der Waals surface area contributed by atoms with Crippen LogP contribution in [0.4, 0.5) is 0 Å². The van der Waals surface area contributed by atoms with Gasteiger partial charge < -0.3 is 15.4 Å². The summed E-state index contributed by atoms with van der Waals surface area (Å²) in [7, 11) is 1.53. The molecule has 0 bridgehead atoms. The van der Waals surface area contributed by atoms with Crippen LogP contribution >= 0.6 is 12.4 Å². The van der Waals surface area contributed by atoms with Crippen LogP contribution in [-0.4, -0.2) is 43.7 Å². The maximum atomic E-state index is 11.9. The lowest BCUT2D eigenvalue weighted by Crippen LogP contribution is -2.49. The number of halogens is 1. The van der Waals surface area contributed by atoms with Gasteiger partial charge in [-0.2, -0.15) is 0 Å². The second kappa shape index (κ2) is 7.09. The monoisotopic (exact) mass is 250 g/mol. The molecule has 4 nitrogen and oxygen atoms in total. The van der Waals surface area contributed by atoms with Gasteiger partial charge in [0.15, 0.2) is 0 Å². The number of amides is 1. The number of hydrogen-bond acceptors (Lipinski definition) is 3. The minimum absolute atomic E-state index is 0. The number of rotatable bonds is 3. The summed E-state index contributed by atoms with van der Waals surface area (Å²) < 4.78 is 5.06. The second-order valence-electron chi connectivity index (χ2n) is 4.49. The first-order valence-electron chi connectivity index (χ1n) is 5.61. The van der Waals surface area contributed by atoms with Crippen LogP contribution in [0.1, 0.15) is 20.3 Å². The summed E-state index contributed by atoms with van der Waals surface area (Å²) in [5.41, 5.74) is 5.48. The van der Waals surface area contributed by atoms with Gasteiger partial charge in [0, 0.05) is 26.7 Å². The smallest absolute Gasteiger partial charge is 0.253 e. The normalized spacial score (nSPS) is 27.1. The first kappa shape index (κ1) is 15.7. The highest BCUT2D eigenvalue weighted by atomic mass is 35.5. The third-order valence-electron chi connectivity index (χ3n) is 3.42. The van der Waals surface area contributed by atoms with E-state index in [1.165, 1.54) is 7.11 Å². The van der Waals surface area contributed by atoms with E-state index in [9.17, 15) is 4.79 Å². The van der Waals surface area contributed by atoms with Crippen molar-refractivity contribution in [3.8, 4) is 0 Å². The number of nitrogens with zero attached hydrogens (tertiary/aromatic N) is 1. The molecule has 2 N–H and O–H groups in total. The van der Waals surface area contributed by atoms with Crippen molar-refractivity contribution in [2.24, 2.45) is 17.6 Å². The first-order valence-corrected chi connectivity index (χ1v) is 5.61. The molecule has 0 aromatic carbocycles. The number of carbonyl (C=O) groups is 1. The number of likely N-dealkylation sites (tertiary alicyclic amines) is 1. The molecular formula is C11H23ClN2O2. The Balaban J connectivity index is 0.00000225. The molecule has 16 heavy (non-hydrogen) atoms. The average Bonchev–Trinajstić information content (AvgIpc) is 2.23. The van der Waals surface area contributed by atoms with E-state index in [4.69, 9.17) is 10.5 Å². The minimum atomic E-state index is -0.467. The minimum Gasteiger partial charge on any atom is -0.370 e. The van der Waals surface area contributed by atoms with Crippen molar-refractivity contribution >= 4 is 18.3 Å². The molecule has 96 valence electrons. The van der Waals surface area contributed by atoms with Crippen molar-refractivity contribution in [2.45, 2.75) is 26.4 Å². The average molecular weight is 251 g/mol. The summed E-state index contributed by atoms with van der Waals surface area (Å²) in [5.74, 6) is 1.31. The molecule has 5 heteroatoms. The largest absolute Gasteiger partial charge is 0.370 e. The van der Waals surface area contributed by atoms with E-state index >= 15 is 0 Å². The van der Waals surface area contributed by atoms with Crippen LogP contribution in [0.2, 0.25) is 0 Å². The Morgan fingerprint density at radius 3 is 2.56 bits per heavy atom. The van der Waals surface area contributed by atoms with E-state index in [0.717, 1.165) is 19.5 Å². The fourth-order valence-corrected chi connectivity index (χ4v) is 1.96. The van der Waals surface area contributed by atoms with Gasteiger partial charge in [-0.05, 0) is 18.3 Å². The lowest BCUT2D eigenvalue weighted by Gasteiger charge is -2.36. The summed E-state index contributed by atoms with van der Waals surface area (Å²) in [6.45, 7) is 6.36. The van der Waals surface area contributed by atoms with Gasteiger partial charge in [-0.25, -0.2) is 0 Å². The van der Waals surface area contributed by atoms with E-state index < -0.39 is 6.10 Å². The fraction of sp³-hybridized carbons (Fsp3) is 0.909. The van der Waals surface area contributed by atoms with Crippen LogP contribution in [0.3, 0.4) is 0 Å². The summed E-state index contributed by atoms with van der Waals surface area (Å²) in [4.78, 5) is 13.8. The molecule has 0 aromatic heterocycles. The second-order valence-corrected chi connectivity index (χ2v) is 4.49. The molecule has 0 aliphatic carbocycles. The molecule has 1 aliphatic rings.